The molecule has 4 saturated carbocycles. The minimum atomic E-state index is 0.418. The van der Waals surface area contributed by atoms with E-state index >= 15 is 0 Å². The molecule has 4 aliphatic carbocycles. The average molecular weight is 256 g/mol. The maximum atomic E-state index is 8.98. The number of rotatable bonds is 2. The SMILES string of the molecule is N#Cc1cnn(CC23CC4CC(CC(C4)C2)C3)c1N. The van der Waals surface area contributed by atoms with Crippen LogP contribution in [-0.4, -0.2) is 9.78 Å². The van der Waals surface area contributed by atoms with Crippen LogP contribution in [0.2, 0.25) is 0 Å². The predicted molar refractivity (Wildman–Crippen MR) is 72.0 cm³/mol. The molecule has 0 radical (unpaired) electrons. The van der Waals surface area contributed by atoms with E-state index < -0.39 is 0 Å². The summed E-state index contributed by atoms with van der Waals surface area (Å²) in [5.41, 5.74) is 6.96. The Hall–Kier alpha value is -1.50. The van der Waals surface area contributed by atoms with Gasteiger partial charge in [0.15, 0.2) is 0 Å². The molecule has 5 rings (SSSR count). The molecule has 1 heterocycles. The first-order valence-electron chi connectivity index (χ1n) is 7.39. The second-order valence-corrected chi connectivity index (χ2v) is 7.13. The molecule has 1 aromatic heterocycles. The summed E-state index contributed by atoms with van der Waals surface area (Å²) < 4.78 is 1.88. The fourth-order valence-electron chi connectivity index (χ4n) is 5.41. The van der Waals surface area contributed by atoms with E-state index in [2.05, 4.69) is 11.2 Å². The summed E-state index contributed by atoms with van der Waals surface area (Å²) in [7, 11) is 0. The molecule has 4 nitrogen and oxygen atoms in total. The zero-order valence-electron chi connectivity index (χ0n) is 11.2. The van der Waals surface area contributed by atoms with Crippen LogP contribution in [0.25, 0.3) is 0 Å². The van der Waals surface area contributed by atoms with Gasteiger partial charge in [0.1, 0.15) is 17.5 Å². The zero-order chi connectivity index (χ0) is 13.0. The lowest BCUT2D eigenvalue weighted by molar-refractivity contribution is -0.0632. The quantitative estimate of drug-likeness (QED) is 0.884. The predicted octanol–water partition coefficient (Wildman–Crippen LogP) is 2.55. The van der Waals surface area contributed by atoms with Crippen molar-refractivity contribution in [2.45, 2.75) is 45.1 Å². The number of nitriles is 1. The van der Waals surface area contributed by atoms with Crippen molar-refractivity contribution < 1.29 is 0 Å². The topological polar surface area (TPSA) is 67.6 Å². The lowest BCUT2D eigenvalue weighted by Crippen LogP contribution is -2.48. The molecule has 4 bridgehead atoms. The first-order chi connectivity index (χ1) is 9.17. The second-order valence-electron chi connectivity index (χ2n) is 7.13. The van der Waals surface area contributed by atoms with Crippen molar-refractivity contribution >= 4 is 5.82 Å². The van der Waals surface area contributed by atoms with Gasteiger partial charge in [-0.25, -0.2) is 4.68 Å². The molecule has 4 fully saturated rings. The summed E-state index contributed by atoms with van der Waals surface area (Å²) in [6.07, 6.45) is 10.0. The van der Waals surface area contributed by atoms with E-state index in [9.17, 15) is 0 Å². The van der Waals surface area contributed by atoms with Crippen LogP contribution < -0.4 is 5.73 Å². The Bertz CT molecular complexity index is 516. The Morgan fingerprint density at radius 3 is 2.32 bits per heavy atom. The molecule has 4 heteroatoms. The van der Waals surface area contributed by atoms with Crippen LogP contribution in [0.5, 0.6) is 0 Å². The molecule has 0 amide bonds. The largest absolute Gasteiger partial charge is 0.383 e. The Morgan fingerprint density at radius 1 is 1.26 bits per heavy atom. The maximum absolute atomic E-state index is 8.98. The normalized spacial score (nSPS) is 39.4. The second kappa shape index (κ2) is 3.75. The smallest absolute Gasteiger partial charge is 0.139 e. The molecule has 0 aliphatic heterocycles. The van der Waals surface area contributed by atoms with Crippen molar-refractivity contribution in [1.29, 1.82) is 5.26 Å². The first kappa shape index (κ1) is 11.3. The molecule has 2 N–H and O–H groups in total. The molecule has 0 spiro atoms. The van der Waals surface area contributed by atoms with Gasteiger partial charge >= 0.3 is 0 Å². The monoisotopic (exact) mass is 256 g/mol. The average Bonchev–Trinajstić information content (AvgIpc) is 2.68. The lowest BCUT2D eigenvalue weighted by atomic mass is 9.49. The number of anilines is 1. The van der Waals surface area contributed by atoms with E-state index in [0.29, 0.717) is 16.8 Å². The molecule has 4 aliphatic rings. The number of hydrogen-bond acceptors (Lipinski definition) is 3. The molecule has 0 unspecified atom stereocenters. The zero-order valence-corrected chi connectivity index (χ0v) is 11.2. The summed E-state index contributed by atoms with van der Waals surface area (Å²) in [4.78, 5) is 0. The molecule has 0 aromatic carbocycles. The Labute approximate surface area is 113 Å². The van der Waals surface area contributed by atoms with E-state index in [0.717, 1.165) is 24.3 Å². The molecule has 19 heavy (non-hydrogen) atoms. The highest BCUT2D eigenvalue weighted by Gasteiger charge is 2.51. The highest BCUT2D eigenvalue weighted by molar-refractivity contribution is 5.47. The third-order valence-electron chi connectivity index (χ3n) is 5.65. The van der Waals surface area contributed by atoms with Gasteiger partial charge in [0, 0.05) is 6.54 Å². The van der Waals surface area contributed by atoms with Crippen molar-refractivity contribution in [1.82, 2.24) is 9.78 Å². The molecule has 0 saturated heterocycles. The summed E-state index contributed by atoms with van der Waals surface area (Å²) in [5, 5.41) is 13.3. The number of nitrogen functional groups attached to an aromatic ring is 1. The molecule has 1 aromatic rings. The third-order valence-corrected chi connectivity index (χ3v) is 5.65. The maximum Gasteiger partial charge on any atom is 0.139 e. The summed E-state index contributed by atoms with van der Waals surface area (Å²) >= 11 is 0. The minimum absolute atomic E-state index is 0.418. The summed E-state index contributed by atoms with van der Waals surface area (Å²) in [6.45, 7) is 0.921. The fourth-order valence-corrected chi connectivity index (χ4v) is 5.41. The van der Waals surface area contributed by atoms with Gasteiger partial charge in [-0.1, -0.05) is 0 Å². The van der Waals surface area contributed by atoms with E-state index in [1.165, 1.54) is 38.5 Å². The number of nitrogens with zero attached hydrogens (tertiary/aromatic N) is 3. The van der Waals surface area contributed by atoms with E-state index in [-0.39, 0.29) is 0 Å². The molecule has 0 atom stereocenters. The third kappa shape index (κ3) is 1.68. The molecule has 100 valence electrons. The van der Waals surface area contributed by atoms with Crippen molar-refractivity contribution in [3.63, 3.8) is 0 Å². The van der Waals surface area contributed by atoms with Gasteiger partial charge in [-0.15, -0.1) is 0 Å². The van der Waals surface area contributed by atoms with Crippen LogP contribution in [0, 0.1) is 34.5 Å². The lowest BCUT2D eigenvalue weighted by Gasteiger charge is -2.56. The van der Waals surface area contributed by atoms with Crippen LogP contribution >= 0.6 is 0 Å². The molecular formula is C15H20N4. The van der Waals surface area contributed by atoms with E-state index in [1.54, 1.807) is 6.20 Å². The summed E-state index contributed by atoms with van der Waals surface area (Å²) in [5.74, 6) is 3.38. The van der Waals surface area contributed by atoms with Crippen LogP contribution in [0.15, 0.2) is 6.20 Å². The minimum Gasteiger partial charge on any atom is -0.383 e. The highest BCUT2D eigenvalue weighted by Crippen LogP contribution is 2.60. The Morgan fingerprint density at radius 2 is 1.84 bits per heavy atom. The fraction of sp³-hybridized carbons (Fsp3) is 0.733. The summed E-state index contributed by atoms with van der Waals surface area (Å²) in [6, 6.07) is 2.12. The van der Waals surface area contributed by atoms with Crippen LogP contribution in [0.1, 0.15) is 44.1 Å². The van der Waals surface area contributed by atoms with Crippen molar-refractivity contribution in [3.8, 4) is 6.07 Å². The van der Waals surface area contributed by atoms with Gasteiger partial charge in [0.25, 0.3) is 0 Å². The van der Waals surface area contributed by atoms with Gasteiger partial charge in [-0.2, -0.15) is 10.4 Å². The van der Waals surface area contributed by atoms with Crippen LogP contribution in [-0.2, 0) is 6.54 Å². The first-order valence-corrected chi connectivity index (χ1v) is 7.39. The van der Waals surface area contributed by atoms with Crippen molar-refractivity contribution in [2.75, 3.05) is 5.73 Å². The molecular weight excluding hydrogens is 236 g/mol. The standard InChI is InChI=1S/C15H20N4/c16-7-13-8-18-19(14(13)17)9-15-4-10-1-11(5-15)3-12(2-10)6-15/h8,10-12H,1-6,9,17H2. The van der Waals surface area contributed by atoms with Gasteiger partial charge < -0.3 is 5.73 Å². The highest BCUT2D eigenvalue weighted by atomic mass is 15.3. The van der Waals surface area contributed by atoms with Gasteiger partial charge in [-0.05, 0) is 61.7 Å². The van der Waals surface area contributed by atoms with Gasteiger partial charge in [-0.3, -0.25) is 0 Å². The van der Waals surface area contributed by atoms with Gasteiger partial charge in [0.05, 0.1) is 6.20 Å². The van der Waals surface area contributed by atoms with Crippen molar-refractivity contribution in [2.24, 2.45) is 23.2 Å². The number of hydrogen-bond donors (Lipinski definition) is 1. The van der Waals surface area contributed by atoms with Gasteiger partial charge in [0.2, 0.25) is 0 Å². The van der Waals surface area contributed by atoms with E-state index in [4.69, 9.17) is 11.0 Å². The number of aromatic nitrogens is 2. The van der Waals surface area contributed by atoms with Crippen molar-refractivity contribution in [3.05, 3.63) is 11.8 Å². The van der Waals surface area contributed by atoms with Crippen LogP contribution in [0.3, 0.4) is 0 Å². The number of nitrogens with two attached hydrogens (primary N) is 1. The van der Waals surface area contributed by atoms with Crippen LogP contribution in [0.4, 0.5) is 5.82 Å². The van der Waals surface area contributed by atoms with E-state index in [1.807, 2.05) is 4.68 Å². The Kier molecular flexibility index (Phi) is 2.24. The Balaban J connectivity index is 1.62.